The van der Waals surface area contributed by atoms with Crippen molar-refractivity contribution in [3.63, 3.8) is 0 Å². The van der Waals surface area contributed by atoms with Crippen molar-refractivity contribution in [1.29, 1.82) is 0 Å². The molecule has 116 valence electrons. The minimum atomic E-state index is -0.818. The second-order valence-electron chi connectivity index (χ2n) is 6.23. The molecule has 1 aromatic carbocycles. The Bertz CT molecular complexity index is 535. The average molecular weight is 357 g/mol. The van der Waals surface area contributed by atoms with Crippen LogP contribution in [0.25, 0.3) is 0 Å². The maximum atomic E-state index is 11.3. The van der Waals surface area contributed by atoms with E-state index in [4.69, 9.17) is 9.47 Å². The summed E-state index contributed by atoms with van der Waals surface area (Å²) in [6.07, 6.45) is 2.87. The highest BCUT2D eigenvalue weighted by molar-refractivity contribution is 9.10. The maximum absolute atomic E-state index is 11.3. The van der Waals surface area contributed by atoms with Crippen molar-refractivity contribution in [2.75, 3.05) is 13.7 Å². The summed E-state index contributed by atoms with van der Waals surface area (Å²) in [6.45, 7) is 4.13. The number of methoxy groups -OCH3 is 1. The van der Waals surface area contributed by atoms with Crippen LogP contribution in [0, 0.1) is 11.3 Å². The highest BCUT2D eigenvalue weighted by Gasteiger charge is 2.28. The number of aliphatic carboxylic acids is 1. The average Bonchev–Trinajstić information content (AvgIpc) is 3.19. The highest BCUT2D eigenvalue weighted by Crippen LogP contribution is 2.39. The number of carboxylic acids is 1. The van der Waals surface area contributed by atoms with Crippen LogP contribution in [0.2, 0.25) is 0 Å². The van der Waals surface area contributed by atoms with Crippen LogP contribution in [-0.2, 0) is 11.2 Å². The first-order chi connectivity index (χ1) is 9.83. The zero-order chi connectivity index (χ0) is 15.6. The van der Waals surface area contributed by atoms with Crippen LogP contribution < -0.4 is 9.47 Å². The van der Waals surface area contributed by atoms with Crippen LogP contribution >= 0.6 is 15.9 Å². The van der Waals surface area contributed by atoms with Gasteiger partial charge < -0.3 is 14.6 Å². The van der Waals surface area contributed by atoms with Gasteiger partial charge in [0.15, 0.2) is 11.5 Å². The molecule has 1 fully saturated rings. The number of benzene rings is 1. The molecule has 0 radical (unpaired) electrons. The normalized spacial score (nSPS) is 14.9. The largest absolute Gasteiger partial charge is 0.492 e. The van der Waals surface area contributed by atoms with Gasteiger partial charge in [0.2, 0.25) is 0 Å². The summed E-state index contributed by atoms with van der Waals surface area (Å²) in [5.74, 6) is 1.17. The van der Waals surface area contributed by atoms with Gasteiger partial charge in [0, 0.05) is 0 Å². The molecule has 4 nitrogen and oxygen atoms in total. The van der Waals surface area contributed by atoms with E-state index in [0.29, 0.717) is 30.4 Å². The lowest BCUT2D eigenvalue weighted by molar-refractivity contribution is -0.146. The van der Waals surface area contributed by atoms with Crippen LogP contribution in [0.4, 0.5) is 0 Å². The second kappa shape index (κ2) is 6.26. The Hall–Kier alpha value is -1.23. The summed E-state index contributed by atoms with van der Waals surface area (Å²) < 4.78 is 12.0. The molecule has 0 atom stereocenters. The number of carbonyl (C=O) groups is 1. The lowest BCUT2D eigenvalue weighted by atomic mass is 9.86. The standard InChI is InChI=1S/C16H21BrO4/c1-16(2,15(18)19)8-11-6-12(17)14(20-3)13(7-11)21-9-10-4-5-10/h6-7,10H,4-5,8-9H2,1-3H3,(H,18,19). The molecule has 0 aliphatic heterocycles. The molecular formula is C16H21BrO4. The zero-order valence-corrected chi connectivity index (χ0v) is 14.2. The third kappa shape index (κ3) is 4.13. The molecule has 1 N–H and O–H groups in total. The molecule has 0 bridgehead atoms. The fraction of sp³-hybridized carbons (Fsp3) is 0.562. The molecule has 2 rings (SSSR count). The Balaban J connectivity index is 2.23. The van der Waals surface area contributed by atoms with Gasteiger partial charge in [-0.3, -0.25) is 4.79 Å². The third-order valence-electron chi connectivity index (χ3n) is 3.67. The van der Waals surface area contributed by atoms with E-state index in [0.717, 1.165) is 10.0 Å². The van der Waals surface area contributed by atoms with Gasteiger partial charge in [0.05, 0.1) is 23.6 Å². The molecule has 1 aliphatic rings. The topological polar surface area (TPSA) is 55.8 Å². The lowest BCUT2D eigenvalue weighted by Gasteiger charge is -2.20. The van der Waals surface area contributed by atoms with Crippen LogP contribution in [0.5, 0.6) is 11.5 Å². The van der Waals surface area contributed by atoms with Gasteiger partial charge in [-0.25, -0.2) is 0 Å². The molecule has 0 aromatic heterocycles. The number of hydrogen-bond donors (Lipinski definition) is 1. The lowest BCUT2D eigenvalue weighted by Crippen LogP contribution is -2.26. The molecule has 1 aliphatic carbocycles. The first-order valence-electron chi connectivity index (χ1n) is 7.06. The third-order valence-corrected chi connectivity index (χ3v) is 4.26. The van der Waals surface area contributed by atoms with E-state index in [2.05, 4.69) is 15.9 Å². The van der Waals surface area contributed by atoms with Crippen LogP contribution in [0.15, 0.2) is 16.6 Å². The van der Waals surface area contributed by atoms with Crippen molar-refractivity contribution < 1.29 is 19.4 Å². The molecule has 1 aromatic rings. The van der Waals surface area contributed by atoms with Gasteiger partial charge in [-0.15, -0.1) is 0 Å². The van der Waals surface area contributed by atoms with E-state index in [-0.39, 0.29) is 0 Å². The van der Waals surface area contributed by atoms with E-state index in [1.165, 1.54) is 12.8 Å². The first kappa shape index (κ1) is 16.1. The van der Waals surface area contributed by atoms with Crippen LogP contribution in [0.1, 0.15) is 32.3 Å². The number of hydrogen-bond acceptors (Lipinski definition) is 3. The van der Waals surface area contributed by atoms with Gasteiger partial charge in [-0.1, -0.05) is 0 Å². The molecule has 21 heavy (non-hydrogen) atoms. The first-order valence-corrected chi connectivity index (χ1v) is 7.85. The van der Waals surface area contributed by atoms with Gasteiger partial charge in [-0.05, 0) is 72.7 Å². The van der Waals surface area contributed by atoms with Crippen molar-refractivity contribution in [2.45, 2.75) is 33.1 Å². The zero-order valence-electron chi connectivity index (χ0n) is 12.6. The molecule has 5 heteroatoms. The Kier molecular flexibility index (Phi) is 4.81. The molecular weight excluding hydrogens is 336 g/mol. The smallest absolute Gasteiger partial charge is 0.309 e. The summed E-state index contributed by atoms with van der Waals surface area (Å²) in [7, 11) is 1.60. The molecule has 0 spiro atoms. The van der Waals surface area contributed by atoms with Crippen molar-refractivity contribution in [3.8, 4) is 11.5 Å². The van der Waals surface area contributed by atoms with Gasteiger partial charge >= 0.3 is 5.97 Å². The van der Waals surface area contributed by atoms with Crippen LogP contribution in [-0.4, -0.2) is 24.8 Å². The van der Waals surface area contributed by atoms with Crippen molar-refractivity contribution >= 4 is 21.9 Å². The number of ether oxygens (including phenoxy) is 2. The SMILES string of the molecule is COc1c(Br)cc(CC(C)(C)C(=O)O)cc1OCC1CC1. The minimum Gasteiger partial charge on any atom is -0.492 e. The van der Waals surface area contributed by atoms with E-state index < -0.39 is 11.4 Å². The maximum Gasteiger partial charge on any atom is 0.309 e. The monoisotopic (exact) mass is 356 g/mol. The van der Waals surface area contributed by atoms with E-state index in [1.54, 1.807) is 21.0 Å². The number of halogens is 1. The molecule has 0 saturated heterocycles. The van der Waals surface area contributed by atoms with Crippen molar-refractivity contribution in [1.82, 2.24) is 0 Å². The fourth-order valence-electron chi connectivity index (χ4n) is 2.11. The molecule has 0 unspecified atom stereocenters. The van der Waals surface area contributed by atoms with Crippen molar-refractivity contribution in [3.05, 3.63) is 22.2 Å². The Morgan fingerprint density at radius 1 is 1.43 bits per heavy atom. The van der Waals surface area contributed by atoms with E-state index in [9.17, 15) is 9.90 Å². The number of carboxylic acid groups (broad SMARTS) is 1. The summed E-state index contributed by atoms with van der Waals surface area (Å²) in [6, 6.07) is 3.78. The summed E-state index contributed by atoms with van der Waals surface area (Å²) in [5.41, 5.74) is 0.0998. The Morgan fingerprint density at radius 2 is 2.10 bits per heavy atom. The van der Waals surface area contributed by atoms with E-state index in [1.807, 2.05) is 12.1 Å². The molecule has 1 saturated carbocycles. The summed E-state index contributed by atoms with van der Waals surface area (Å²) in [5, 5.41) is 9.26. The second-order valence-corrected chi connectivity index (χ2v) is 7.08. The Labute approximate surface area is 133 Å². The predicted octanol–water partition coefficient (Wildman–Crippen LogP) is 3.90. The van der Waals surface area contributed by atoms with Gasteiger partial charge in [-0.2, -0.15) is 0 Å². The fourth-order valence-corrected chi connectivity index (χ4v) is 2.76. The predicted molar refractivity (Wildman–Crippen MR) is 84.0 cm³/mol. The van der Waals surface area contributed by atoms with Crippen LogP contribution in [0.3, 0.4) is 0 Å². The number of rotatable bonds is 7. The van der Waals surface area contributed by atoms with Crippen molar-refractivity contribution in [2.24, 2.45) is 11.3 Å². The van der Waals surface area contributed by atoms with Gasteiger partial charge in [0.25, 0.3) is 0 Å². The van der Waals surface area contributed by atoms with Gasteiger partial charge in [0.1, 0.15) is 0 Å². The minimum absolute atomic E-state index is 0.435. The highest BCUT2D eigenvalue weighted by atomic mass is 79.9. The quantitative estimate of drug-likeness (QED) is 0.804. The summed E-state index contributed by atoms with van der Waals surface area (Å²) in [4.78, 5) is 11.3. The summed E-state index contributed by atoms with van der Waals surface area (Å²) >= 11 is 3.47. The Morgan fingerprint density at radius 3 is 2.62 bits per heavy atom. The molecule has 0 heterocycles. The van der Waals surface area contributed by atoms with E-state index >= 15 is 0 Å². The molecule has 0 amide bonds.